The third-order valence-corrected chi connectivity index (χ3v) is 13.4. The van der Waals surface area contributed by atoms with Crippen LogP contribution in [-0.2, 0) is 5.41 Å². The van der Waals surface area contributed by atoms with Crippen molar-refractivity contribution < 1.29 is 0 Å². The molecule has 0 aliphatic heterocycles. The van der Waals surface area contributed by atoms with Crippen LogP contribution in [0.1, 0.15) is 25.0 Å². The van der Waals surface area contributed by atoms with Crippen LogP contribution in [0.3, 0.4) is 0 Å². The molecule has 4 nitrogen and oxygen atoms in total. The minimum atomic E-state index is -0.0830. The highest BCUT2D eigenvalue weighted by Crippen LogP contribution is 2.52. The number of hydrogen-bond donors (Lipinski definition) is 0. The fourth-order valence-electron chi connectivity index (χ4n) is 10.6. The van der Waals surface area contributed by atoms with Crippen LogP contribution < -0.4 is 4.90 Å². The Morgan fingerprint density at radius 2 is 1.11 bits per heavy atom. The van der Waals surface area contributed by atoms with E-state index in [1.54, 1.807) is 0 Å². The largest absolute Gasteiger partial charge is 0.310 e. The Morgan fingerprint density at radius 3 is 1.97 bits per heavy atom. The fourth-order valence-corrected chi connectivity index (χ4v) is 10.6. The van der Waals surface area contributed by atoms with E-state index in [0.717, 1.165) is 67.1 Å². The number of para-hydroxylation sites is 1. The molecule has 0 bridgehead atoms. The molecule has 0 saturated heterocycles. The van der Waals surface area contributed by atoms with E-state index >= 15 is 0 Å². The molecule has 2 aliphatic carbocycles. The van der Waals surface area contributed by atoms with E-state index in [1.807, 2.05) is 18.5 Å². The summed E-state index contributed by atoms with van der Waals surface area (Å²) in [5, 5.41) is 6.05. The SMILES string of the molecule is CC1(C)c2ccccc2-c2ccc(N(c3ccccc3)c3ccc(-c4ccc(-n5c6ccc7cccc8c7c6c6c(cc7cccnc7c65)-c5ncccc5-8)cc4)cc3)cc21. The Morgan fingerprint density at radius 1 is 0.443 bits per heavy atom. The molecule has 0 atom stereocenters. The highest BCUT2D eigenvalue weighted by atomic mass is 15.1. The van der Waals surface area contributed by atoms with Gasteiger partial charge in [-0.1, -0.05) is 123 Å². The van der Waals surface area contributed by atoms with Gasteiger partial charge in [-0.15, -0.1) is 0 Å². The average Bonchev–Trinajstić information content (AvgIpc) is 3.74. The molecule has 3 aromatic heterocycles. The van der Waals surface area contributed by atoms with E-state index in [1.165, 1.54) is 54.9 Å². The summed E-state index contributed by atoms with van der Waals surface area (Å²) in [7, 11) is 0. The minimum absolute atomic E-state index is 0.0830. The molecule has 0 amide bonds. The summed E-state index contributed by atoms with van der Waals surface area (Å²) in [6, 6.07) is 66.5. The Bertz CT molecular complexity index is 3600. The molecule has 0 spiro atoms. The predicted octanol–water partition coefficient (Wildman–Crippen LogP) is 15.0. The summed E-state index contributed by atoms with van der Waals surface area (Å²) in [5.74, 6) is 0. The molecule has 0 saturated carbocycles. The van der Waals surface area contributed by atoms with Gasteiger partial charge in [0.1, 0.15) is 0 Å². The van der Waals surface area contributed by atoms with Crippen molar-refractivity contribution in [3.05, 3.63) is 206 Å². The zero-order valence-corrected chi connectivity index (χ0v) is 33.8. The number of fused-ring (bicyclic) bond motifs is 8. The first-order chi connectivity index (χ1) is 30.0. The minimum Gasteiger partial charge on any atom is -0.310 e. The number of anilines is 3. The standard InChI is InChI=1S/C57H38N4/c1-57(2)48-18-7-6-15-43(48)44-29-28-42(34-49(44)57)60(39-13-4-3-5-14-39)40-24-19-35(20-25-40)36-21-26-41(27-22-36)61-50-30-23-37-11-8-16-45-46-17-10-32-59-55(46)47-33-38-12-9-31-58-54(38)56(61)52(47)53(50)51(37)45/h3-34H,1-2H3. The molecule has 8 aromatic carbocycles. The van der Waals surface area contributed by atoms with Crippen molar-refractivity contribution in [3.63, 3.8) is 0 Å². The van der Waals surface area contributed by atoms with Gasteiger partial charge in [0, 0.05) is 67.8 Å². The van der Waals surface area contributed by atoms with Gasteiger partial charge in [0.2, 0.25) is 0 Å². The highest BCUT2D eigenvalue weighted by molar-refractivity contribution is 6.33. The van der Waals surface area contributed by atoms with Crippen LogP contribution in [0, 0.1) is 0 Å². The number of nitrogens with zero attached hydrogens (tertiary/aromatic N) is 4. The maximum atomic E-state index is 5.04. The Balaban J connectivity index is 0.931. The maximum Gasteiger partial charge on any atom is 0.0949 e. The Kier molecular flexibility index (Phi) is 7.04. The average molecular weight is 779 g/mol. The van der Waals surface area contributed by atoms with Crippen molar-refractivity contribution in [1.29, 1.82) is 0 Å². The Hall–Kier alpha value is -7.82. The van der Waals surface area contributed by atoms with Gasteiger partial charge in [-0.25, -0.2) is 0 Å². The molecule has 11 aromatic rings. The number of hydrogen-bond acceptors (Lipinski definition) is 3. The van der Waals surface area contributed by atoms with Crippen LogP contribution in [0.5, 0.6) is 0 Å². The summed E-state index contributed by atoms with van der Waals surface area (Å²) < 4.78 is 2.43. The van der Waals surface area contributed by atoms with E-state index in [2.05, 4.69) is 199 Å². The molecule has 286 valence electrons. The van der Waals surface area contributed by atoms with Crippen molar-refractivity contribution in [2.45, 2.75) is 19.3 Å². The normalized spacial score (nSPS) is 13.2. The van der Waals surface area contributed by atoms with Gasteiger partial charge in [-0.3, -0.25) is 9.97 Å². The van der Waals surface area contributed by atoms with Crippen molar-refractivity contribution >= 4 is 60.5 Å². The van der Waals surface area contributed by atoms with E-state index in [4.69, 9.17) is 9.97 Å². The van der Waals surface area contributed by atoms with Crippen LogP contribution in [0.15, 0.2) is 194 Å². The summed E-state index contributed by atoms with van der Waals surface area (Å²) >= 11 is 0. The summed E-state index contributed by atoms with van der Waals surface area (Å²) in [6.45, 7) is 4.69. The second-order valence-electron chi connectivity index (χ2n) is 17.0. The molecule has 0 fully saturated rings. The van der Waals surface area contributed by atoms with Gasteiger partial charge in [-0.2, -0.15) is 0 Å². The molecule has 3 heterocycles. The fraction of sp³-hybridized carbons (Fsp3) is 0.0526. The second-order valence-corrected chi connectivity index (χ2v) is 17.0. The molecular formula is C57H38N4. The molecular weight excluding hydrogens is 741 g/mol. The zero-order valence-electron chi connectivity index (χ0n) is 33.8. The van der Waals surface area contributed by atoms with Crippen LogP contribution in [-0.4, -0.2) is 14.5 Å². The number of benzene rings is 8. The van der Waals surface area contributed by atoms with E-state index in [-0.39, 0.29) is 5.41 Å². The lowest BCUT2D eigenvalue weighted by Gasteiger charge is -2.28. The summed E-state index contributed by atoms with van der Waals surface area (Å²) in [4.78, 5) is 12.5. The van der Waals surface area contributed by atoms with E-state index in [0.29, 0.717) is 0 Å². The smallest absolute Gasteiger partial charge is 0.0949 e. The molecule has 13 rings (SSSR count). The second kappa shape index (κ2) is 12.6. The first-order valence-electron chi connectivity index (χ1n) is 21.1. The van der Waals surface area contributed by atoms with Crippen molar-refractivity contribution in [3.8, 4) is 50.3 Å². The maximum absolute atomic E-state index is 5.04. The summed E-state index contributed by atoms with van der Waals surface area (Å²) in [6.07, 6.45) is 3.83. The highest BCUT2D eigenvalue weighted by Gasteiger charge is 2.36. The summed E-state index contributed by atoms with van der Waals surface area (Å²) in [5.41, 5.74) is 19.9. The van der Waals surface area contributed by atoms with Crippen LogP contribution in [0.2, 0.25) is 0 Å². The molecule has 0 N–H and O–H groups in total. The lowest BCUT2D eigenvalue weighted by Crippen LogP contribution is -2.16. The van der Waals surface area contributed by atoms with Gasteiger partial charge in [0.05, 0.1) is 22.2 Å². The molecule has 0 unspecified atom stereocenters. The lowest BCUT2D eigenvalue weighted by atomic mass is 9.82. The first kappa shape index (κ1) is 34.1. The van der Waals surface area contributed by atoms with E-state index < -0.39 is 0 Å². The third kappa shape index (κ3) is 4.82. The van der Waals surface area contributed by atoms with Gasteiger partial charge in [-0.05, 0) is 123 Å². The lowest BCUT2D eigenvalue weighted by molar-refractivity contribution is 0.660. The molecule has 4 heteroatoms. The molecule has 61 heavy (non-hydrogen) atoms. The van der Waals surface area contributed by atoms with Crippen LogP contribution in [0.4, 0.5) is 17.1 Å². The number of pyridine rings is 2. The van der Waals surface area contributed by atoms with E-state index in [9.17, 15) is 0 Å². The first-order valence-corrected chi connectivity index (χ1v) is 21.1. The van der Waals surface area contributed by atoms with Gasteiger partial charge in [0.25, 0.3) is 0 Å². The van der Waals surface area contributed by atoms with Crippen molar-refractivity contribution in [2.24, 2.45) is 0 Å². The van der Waals surface area contributed by atoms with Crippen molar-refractivity contribution in [1.82, 2.24) is 14.5 Å². The number of aromatic nitrogens is 3. The molecule has 0 radical (unpaired) electrons. The van der Waals surface area contributed by atoms with Crippen LogP contribution >= 0.6 is 0 Å². The van der Waals surface area contributed by atoms with Gasteiger partial charge >= 0.3 is 0 Å². The quantitative estimate of drug-likeness (QED) is 0.174. The van der Waals surface area contributed by atoms with Gasteiger partial charge in [0.15, 0.2) is 0 Å². The zero-order chi connectivity index (χ0) is 40.4. The Labute approximate surface area is 353 Å². The third-order valence-electron chi connectivity index (χ3n) is 13.4. The predicted molar refractivity (Wildman–Crippen MR) is 253 cm³/mol. The van der Waals surface area contributed by atoms with Crippen LogP contribution in [0.25, 0.3) is 93.8 Å². The number of rotatable bonds is 5. The van der Waals surface area contributed by atoms with Gasteiger partial charge < -0.3 is 9.47 Å². The van der Waals surface area contributed by atoms with Crippen molar-refractivity contribution in [2.75, 3.05) is 4.90 Å². The monoisotopic (exact) mass is 778 g/mol. The molecule has 2 aliphatic rings. The topological polar surface area (TPSA) is 34.0 Å².